The number of carbonyl (C=O) groups is 1. The van der Waals surface area contributed by atoms with Crippen LogP contribution >= 0.6 is 11.8 Å². The number of hydrogen-bond donors (Lipinski definition) is 1. The van der Waals surface area contributed by atoms with Crippen LogP contribution in [0.2, 0.25) is 0 Å². The second-order valence-electron chi connectivity index (χ2n) is 4.11. The molecule has 0 atom stereocenters. The molecule has 0 aliphatic carbocycles. The van der Waals surface area contributed by atoms with Gasteiger partial charge in [0.25, 0.3) is 0 Å². The van der Waals surface area contributed by atoms with E-state index in [1.54, 1.807) is 11.8 Å². The molecule has 0 saturated heterocycles. The molecule has 0 spiro atoms. The quantitative estimate of drug-likeness (QED) is 0.594. The highest BCUT2D eigenvalue weighted by Gasteiger charge is 2.03. The van der Waals surface area contributed by atoms with Crippen LogP contribution in [-0.4, -0.2) is 18.2 Å². The minimum Gasteiger partial charge on any atom is -0.355 e. The molecule has 0 unspecified atom stereocenters. The van der Waals surface area contributed by atoms with Gasteiger partial charge in [0.1, 0.15) is 0 Å². The summed E-state index contributed by atoms with van der Waals surface area (Å²) in [5.41, 5.74) is 1.23. The largest absolute Gasteiger partial charge is 0.355 e. The highest BCUT2D eigenvalue weighted by Crippen LogP contribution is 2.21. The third-order valence-electron chi connectivity index (χ3n) is 2.55. The lowest BCUT2D eigenvalue weighted by Gasteiger charge is -2.06. The Kier molecular flexibility index (Phi) is 6.78. The van der Waals surface area contributed by atoms with Crippen molar-refractivity contribution in [3.05, 3.63) is 29.8 Å². The van der Waals surface area contributed by atoms with Gasteiger partial charge in [0.15, 0.2) is 0 Å². The summed E-state index contributed by atoms with van der Waals surface area (Å²) in [6.45, 7) is 5.04. The molecule has 0 bridgehead atoms. The lowest BCUT2D eigenvalue weighted by Crippen LogP contribution is -2.26. The van der Waals surface area contributed by atoms with Crippen LogP contribution in [0.4, 0.5) is 0 Å². The maximum absolute atomic E-state index is 11.6. The molecule has 3 heteroatoms. The molecule has 0 radical (unpaired) electrons. The Morgan fingerprint density at radius 3 is 2.76 bits per heavy atom. The van der Waals surface area contributed by atoms with E-state index in [0.717, 1.165) is 13.0 Å². The highest BCUT2D eigenvalue weighted by atomic mass is 32.2. The van der Waals surface area contributed by atoms with Crippen LogP contribution < -0.4 is 5.32 Å². The van der Waals surface area contributed by atoms with E-state index in [-0.39, 0.29) is 5.91 Å². The molecule has 17 heavy (non-hydrogen) atoms. The molecule has 0 fully saturated rings. The Balaban J connectivity index is 2.22. The van der Waals surface area contributed by atoms with E-state index in [1.807, 2.05) is 12.1 Å². The Hall–Kier alpha value is -0.960. The molecular formula is C14H21NOS. The first-order chi connectivity index (χ1) is 8.24. The summed E-state index contributed by atoms with van der Waals surface area (Å²) in [7, 11) is 0. The van der Waals surface area contributed by atoms with Crippen molar-refractivity contribution >= 4 is 17.7 Å². The molecule has 1 N–H and O–H groups in total. The number of hydrogen-bond acceptors (Lipinski definition) is 2. The van der Waals surface area contributed by atoms with E-state index in [9.17, 15) is 4.79 Å². The van der Waals surface area contributed by atoms with Gasteiger partial charge in [-0.3, -0.25) is 4.79 Å². The van der Waals surface area contributed by atoms with Crippen LogP contribution in [0.1, 0.15) is 31.7 Å². The fourth-order valence-corrected chi connectivity index (χ4v) is 2.37. The minimum atomic E-state index is 0.134. The predicted octanol–water partition coefficient (Wildman–Crippen LogP) is 3.39. The normalized spacial score (nSPS) is 10.2. The minimum absolute atomic E-state index is 0.134. The maximum atomic E-state index is 11.6. The van der Waals surface area contributed by atoms with E-state index < -0.39 is 0 Å². The fourth-order valence-electron chi connectivity index (χ4n) is 1.52. The Labute approximate surface area is 108 Å². The number of benzene rings is 1. The van der Waals surface area contributed by atoms with Gasteiger partial charge in [-0.1, -0.05) is 38.0 Å². The lowest BCUT2D eigenvalue weighted by molar-refractivity contribution is -0.118. The second-order valence-corrected chi connectivity index (χ2v) is 5.13. The van der Waals surface area contributed by atoms with Gasteiger partial charge in [0.05, 0.1) is 5.75 Å². The molecule has 0 aliphatic heterocycles. The number of carbonyl (C=O) groups excluding carboxylic acids is 1. The molecular weight excluding hydrogens is 230 g/mol. The van der Waals surface area contributed by atoms with E-state index in [2.05, 4.69) is 31.3 Å². The first kappa shape index (κ1) is 14.1. The van der Waals surface area contributed by atoms with Crippen molar-refractivity contribution in [1.29, 1.82) is 0 Å². The van der Waals surface area contributed by atoms with E-state index in [4.69, 9.17) is 0 Å². The monoisotopic (exact) mass is 251 g/mol. The van der Waals surface area contributed by atoms with Gasteiger partial charge >= 0.3 is 0 Å². The lowest BCUT2D eigenvalue weighted by atomic mass is 10.2. The SMILES string of the molecule is CCCCCNC(=O)CSc1ccccc1C. The number of amides is 1. The van der Waals surface area contributed by atoms with Crippen molar-refractivity contribution in [2.75, 3.05) is 12.3 Å². The number of nitrogens with one attached hydrogen (secondary N) is 1. The molecule has 1 amide bonds. The number of aryl methyl sites for hydroxylation is 1. The van der Waals surface area contributed by atoms with Crippen LogP contribution in [0.5, 0.6) is 0 Å². The topological polar surface area (TPSA) is 29.1 Å². The summed E-state index contributed by atoms with van der Waals surface area (Å²) in [6, 6.07) is 8.16. The average Bonchev–Trinajstić information content (AvgIpc) is 2.34. The zero-order chi connectivity index (χ0) is 12.5. The van der Waals surface area contributed by atoms with Crippen LogP contribution in [-0.2, 0) is 4.79 Å². The standard InChI is InChI=1S/C14H21NOS/c1-3-4-7-10-15-14(16)11-17-13-9-6-5-8-12(13)2/h5-6,8-9H,3-4,7,10-11H2,1-2H3,(H,15,16). The zero-order valence-electron chi connectivity index (χ0n) is 10.7. The third-order valence-corrected chi connectivity index (χ3v) is 3.73. The number of rotatable bonds is 7. The molecule has 0 saturated carbocycles. The molecule has 0 aromatic heterocycles. The summed E-state index contributed by atoms with van der Waals surface area (Å²) in [5.74, 6) is 0.645. The molecule has 0 heterocycles. The molecule has 94 valence electrons. The van der Waals surface area contributed by atoms with Gasteiger partial charge < -0.3 is 5.32 Å². The first-order valence-electron chi connectivity index (χ1n) is 6.19. The maximum Gasteiger partial charge on any atom is 0.230 e. The van der Waals surface area contributed by atoms with Gasteiger partial charge in [-0.05, 0) is 25.0 Å². The van der Waals surface area contributed by atoms with Crippen molar-refractivity contribution in [1.82, 2.24) is 5.32 Å². The van der Waals surface area contributed by atoms with E-state index in [0.29, 0.717) is 5.75 Å². The van der Waals surface area contributed by atoms with Crippen LogP contribution in [0.25, 0.3) is 0 Å². The van der Waals surface area contributed by atoms with Gasteiger partial charge in [0, 0.05) is 11.4 Å². The van der Waals surface area contributed by atoms with Crippen molar-refractivity contribution in [2.45, 2.75) is 38.0 Å². The second kappa shape index (κ2) is 8.18. The smallest absolute Gasteiger partial charge is 0.230 e. The van der Waals surface area contributed by atoms with Crippen molar-refractivity contribution in [3.8, 4) is 0 Å². The Morgan fingerprint density at radius 1 is 1.29 bits per heavy atom. The zero-order valence-corrected chi connectivity index (χ0v) is 11.5. The fraction of sp³-hybridized carbons (Fsp3) is 0.500. The molecule has 2 nitrogen and oxygen atoms in total. The summed E-state index contributed by atoms with van der Waals surface area (Å²) >= 11 is 1.61. The van der Waals surface area contributed by atoms with Crippen molar-refractivity contribution < 1.29 is 4.79 Å². The molecule has 0 aliphatic rings. The van der Waals surface area contributed by atoms with Crippen LogP contribution in [0.15, 0.2) is 29.2 Å². The van der Waals surface area contributed by atoms with Gasteiger partial charge in [-0.2, -0.15) is 0 Å². The molecule has 1 aromatic carbocycles. The van der Waals surface area contributed by atoms with Crippen molar-refractivity contribution in [2.24, 2.45) is 0 Å². The summed E-state index contributed by atoms with van der Waals surface area (Å²) in [5, 5.41) is 2.95. The van der Waals surface area contributed by atoms with Crippen molar-refractivity contribution in [3.63, 3.8) is 0 Å². The Morgan fingerprint density at radius 2 is 2.06 bits per heavy atom. The molecule has 1 rings (SSSR count). The number of unbranched alkanes of at least 4 members (excludes halogenated alkanes) is 2. The predicted molar refractivity (Wildman–Crippen MR) is 74.4 cm³/mol. The molecule has 1 aromatic rings. The summed E-state index contributed by atoms with van der Waals surface area (Å²) in [6.07, 6.45) is 3.45. The Bertz CT molecular complexity index is 352. The summed E-state index contributed by atoms with van der Waals surface area (Å²) < 4.78 is 0. The summed E-state index contributed by atoms with van der Waals surface area (Å²) in [4.78, 5) is 12.7. The van der Waals surface area contributed by atoms with Crippen LogP contribution in [0.3, 0.4) is 0 Å². The average molecular weight is 251 g/mol. The van der Waals surface area contributed by atoms with Gasteiger partial charge in [-0.15, -0.1) is 11.8 Å². The van der Waals surface area contributed by atoms with Crippen LogP contribution in [0, 0.1) is 6.92 Å². The third kappa shape index (κ3) is 5.78. The number of thioether (sulfide) groups is 1. The van der Waals surface area contributed by atoms with Gasteiger partial charge in [0.2, 0.25) is 5.91 Å². The first-order valence-corrected chi connectivity index (χ1v) is 7.17. The van der Waals surface area contributed by atoms with E-state index in [1.165, 1.54) is 23.3 Å². The van der Waals surface area contributed by atoms with E-state index >= 15 is 0 Å². The highest BCUT2D eigenvalue weighted by molar-refractivity contribution is 8.00. The van der Waals surface area contributed by atoms with Gasteiger partial charge in [-0.25, -0.2) is 0 Å².